The van der Waals surface area contributed by atoms with E-state index in [1.165, 1.54) is 35.3 Å². The highest BCUT2D eigenvalue weighted by Gasteiger charge is 2.35. The van der Waals surface area contributed by atoms with Crippen molar-refractivity contribution in [1.29, 1.82) is 0 Å². The monoisotopic (exact) mass is 316 g/mol. The normalized spacial score (nSPS) is 21.0. The summed E-state index contributed by atoms with van der Waals surface area (Å²) in [5.41, 5.74) is 3.19. The highest BCUT2D eigenvalue weighted by atomic mass is 35.5. The number of benzene rings is 2. The molecule has 2 heteroatoms. The predicted octanol–water partition coefficient (Wildman–Crippen LogP) is 5.68. The Morgan fingerprint density at radius 2 is 1.76 bits per heavy atom. The van der Waals surface area contributed by atoms with Gasteiger partial charge in [0, 0.05) is 16.2 Å². The molecule has 0 spiro atoms. The van der Waals surface area contributed by atoms with Crippen molar-refractivity contribution in [1.82, 2.24) is 0 Å². The average molecular weight is 317 g/mol. The van der Waals surface area contributed by atoms with Crippen LogP contribution < -0.4 is 0 Å². The second-order valence-corrected chi connectivity index (χ2v) is 7.27. The quantitative estimate of drug-likeness (QED) is 0.505. The van der Waals surface area contributed by atoms with Gasteiger partial charge in [-0.1, -0.05) is 42.5 Å². The lowest BCUT2D eigenvalue weighted by Crippen LogP contribution is -2.33. The summed E-state index contributed by atoms with van der Waals surface area (Å²) in [6.45, 7) is 0. The molecule has 0 fully saturated rings. The van der Waals surface area contributed by atoms with Crippen LogP contribution in [0.5, 0.6) is 0 Å². The maximum absolute atomic E-state index is 6.44. The van der Waals surface area contributed by atoms with Crippen LogP contribution in [0.1, 0.15) is 30.4 Å². The van der Waals surface area contributed by atoms with Crippen molar-refractivity contribution in [2.75, 3.05) is 11.6 Å². The summed E-state index contributed by atoms with van der Waals surface area (Å²) < 4.78 is 0. The number of alkyl halides is 1. The fourth-order valence-corrected chi connectivity index (χ4v) is 4.84. The van der Waals surface area contributed by atoms with Gasteiger partial charge in [0.25, 0.3) is 0 Å². The maximum Gasteiger partial charge on any atom is 0.0320 e. The molecular weight excluding hydrogens is 296 g/mol. The van der Waals surface area contributed by atoms with Gasteiger partial charge in [0.05, 0.1) is 0 Å². The van der Waals surface area contributed by atoms with E-state index in [2.05, 4.69) is 54.6 Å². The van der Waals surface area contributed by atoms with Gasteiger partial charge in [-0.2, -0.15) is 0 Å². The van der Waals surface area contributed by atoms with Gasteiger partial charge in [0.15, 0.2) is 0 Å². The molecule has 110 valence electrons. The Morgan fingerprint density at radius 1 is 1.00 bits per heavy atom. The topological polar surface area (TPSA) is 0 Å². The lowest BCUT2D eigenvalue weighted by Gasteiger charge is -2.38. The molecule has 0 bridgehead atoms. The van der Waals surface area contributed by atoms with E-state index in [0.29, 0.717) is 0 Å². The molecule has 2 aromatic rings. The van der Waals surface area contributed by atoms with E-state index in [-0.39, 0.29) is 5.41 Å². The molecule has 1 aliphatic rings. The smallest absolute Gasteiger partial charge is 0.0320 e. The van der Waals surface area contributed by atoms with Crippen molar-refractivity contribution >= 4 is 23.4 Å². The second kappa shape index (κ2) is 6.89. The van der Waals surface area contributed by atoms with Gasteiger partial charge >= 0.3 is 0 Å². The first-order valence-electron chi connectivity index (χ1n) is 7.66. The van der Waals surface area contributed by atoms with E-state index < -0.39 is 0 Å². The summed E-state index contributed by atoms with van der Waals surface area (Å²) >= 11 is 8.38. The summed E-state index contributed by atoms with van der Waals surface area (Å²) in [5.74, 6) is 1.87. The molecule has 0 aliphatic heterocycles. The van der Waals surface area contributed by atoms with Crippen LogP contribution in [0, 0.1) is 0 Å². The van der Waals surface area contributed by atoms with Crippen LogP contribution in [0.15, 0.2) is 59.5 Å². The number of hydrogen-bond acceptors (Lipinski definition) is 1. The summed E-state index contributed by atoms with van der Waals surface area (Å²) in [5, 5.41) is 0. The fourth-order valence-electron chi connectivity index (χ4n) is 3.35. The zero-order chi connectivity index (χ0) is 14.5. The van der Waals surface area contributed by atoms with Crippen LogP contribution in [0.2, 0.25) is 0 Å². The van der Waals surface area contributed by atoms with Crippen molar-refractivity contribution in [3.05, 3.63) is 65.7 Å². The molecule has 3 rings (SSSR count). The third-order valence-electron chi connectivity index (χ3n) is 4.54. The highest BCUT2D eigenvalue weighted by molar-refractivity contribution is 7.99. The van der Waals surface area contributed by atoms with E-state index in [4.69, 9.17) is 11.6 Å². The zero-order valence-electron chi connectivity index (χ0n) is 12.2. The van der Waals surface area contributed by atoms with Crippen LogP contribution >= 0.6 is 23.4 Å². The van der Waals surface area contributed by atoms with Crippen molar-refractivity contribution in [3.63, 3.8) is 0 Å². The van der Waals surface area contributed by atoms with Gasteiger partial charge < -0.3 is 0 Å². The van der Waals surface area contributed by atoms with Crippen LogP contribution in [-0.2, 0) is 11.8 Å². The minimum atomic E-state index is 0.179. The van der Waals surface area contributed by atoms with Gasteiger partial charge in [0.2, 0.25) is 0 Å². The number of fused-ring (bicyclic) bond motifs is 1. The van der Waals surface area contributed by atoms with Crippen molar-refractivity contribution < 1.29 is 0 Å². The first-order valence-corrected chi connectivity index (χ1v) is 9.18. The average Bonchev–Trinajstić information content (AvgIpc) is 2.56. The first kappa shape index (κ1) is 15.0. The van der Waals surface area contributed by atoms with Crippen LogP contribution in [0.3, 0.4) is 0 Å². The lowest BCUT2D eigenvalue weighted by atomic mass is 9.69. The molecule has 0 heterocycles. The fraction of sp³-hybridized carbons (Fsp3) is 0.368. The number of thioether (sulfide) groups is 1. The Morgan fingerprint density at radius 3 is 2.57 bits per heavy atom. The third kappa shape index (κ3) is 3.30. The van der Waals surface area contributed by atoms with E-state index in [0.717, 1.165) is 18.1 Å². The summed E-state index contributed by atoms with van der Waals surface area (Å²) in [7, 11) is 0. The zero-order valence-corrected chi connectivity index (χ0v) is 13.8. The van der Waals surface area contributed by atoms with E-state index >= 15 is 0 Å². The minimum Gasteiger partial charge on any atom is -0.126 e. The molecule has 0 saturated carbocycles. The largest absolute Gasteiger partial charge is 0.126 e. The van der Waals surface area contributed by atoms with E-state index in [1.54, 1.807) is 0 Å². The Kier molecular flexibility index (Phi) is 4.92. The Hall–Kier alpha value is -0.920. The number of aryl methyl sites for hydroxylation is 1. The maximum atomic E-state index is 6.44. The minimum absolute atomic E-state index is 0.179. The molecule has 0 saturated heterocycles. The van der Waals surface area contributed by atoms with Gasteiger partial charge in [0.1, 0.15) is 0 Å². The van der Waals surface area contributed by atoms with E-state index in [9.17, 15) is 0 Å². The number of halogens is 1. The van der Waals surface area contributed by atoms with Gasteiger partial charge in [-0.3, -0.25) is 0 Å². The molecule has 21 heavy (non-hydrogen) atoms. The van der Waals surface area contributed by atoms with Gasteiger partial charge in [-0.25, -0.2) is 0 Å². The number of hydrogen-bond donors (Lipinski definition) is 0. The Labute approximate surface area is 136 Å². The molecule has 0 amide bonds. The lowest BCUT2D eigenvalue weighted by molar-refractivity contribution is 0.389. The molecule has 0 N–H and O–H groups in total. The summed E-state index contributed by atoms with van der Waals surface area (Å²) in [6, 6.07) is 19.5. The molecular formula is C19H21ClS. The summed E-state index contributed by atoms with van der Waals surface area (Å²) in [4.78, 5) is 1.35. The molecule has 1 unspecified atom stereocenters. The second-order valence-electron chi connectivity index (χ2n) is 5.84. The first-order chi connectivity index (χ1) is 10.3. The standard InChI is InChI=1S/C19H21ClS/c20-15-19(13-14-21-17-9-2-1-3-10-17)12-6-8-16-7-4-5-11-18(16)19/h1-5,7,9-11H,6,8,12-15H2. The molecule has 1 atom stereocenters. The molecule has 0 aromatic heterocycles. The molecule has 1 aliphatic carbocycles. The van der Waals surface area contributed by atoms with Crippen LogP contribution in [0.25, 0.3) is 0 Å². The Bertz CT molecular complexity index is 581. The van der Waals surface area contributed by atoms with Crippen molar-refractivity contribution in [3.8, 4) is 0 Å². The van der Waals surface area contributed by atoms with Gasteiger partial charge in [-0.05, 0) is 54.7 Å². The highest BCUT2D eigenvalue weighted by Crippen LogP contribution is 2.42. The SMILES string of the molecule is ClCC1(CCSc2ccccc2)CCCc2ccccc21. The van der Waals surface area contributed by atoms with Crippen molar-refractivity contribution in [2.24, 2.45) is 0 Å². The summed E-state index contributed by atoms with van der Waals surface area (Å²) in [6.07, 6.45) is 4.86. The van der Waals surface area contributed by atoms with E-state index in [1.807, 2.05) is 11.8 Å². The third-order valence-corrected chi connectivity index (χ3v) is 6.06. The number of rotatable bonds is 5. The van der Waals surface area contributed by atoms with Crippen molar-refractivity contribution in [2.45, 2.75) is 36.0 Å². The van der Waals surface area contributed by atoms with Gasteiger partial charge in [-0.15, -0.1) is 23.4 Å². The Balaban J connectivity index is 1.73. The predicted molar refractivity (Wildman–Crippen MR) is 93.6 cm³/mol. The molecule has 2 aromatic carbocycles. The van der Waals surface area contributed by atoms with Crippen LogP contribution in [0.4, 0.5) is 0 Å². The molecule has 0 radical (unpaired) electrons. The molecule has 0 nitrogen and oxygen atoms in total. The van der Waals surface area contributed by atoms with Crippen LogP contribution in [-0.4, -0.2) is 11.6 Å².